The number of rotatable bonds is 1. The molecule has 0 amide bonds. The summed E-state index contributed by atoms with van der Waals surface area (Å²) in [4.78, 5) is 3.36. The molecule has 0 saturated heterocycles. The van der Waals surface area contributed by atoms with Crippen LogP contribution in [-0.4, -0.2) is 10.1 Å². The third-order valence-corrected chi connectivity index (χ3v) is 3.28. The van der Waals surface area contributed by atoms with Gasteiger partial charge in [-0.05, 0) is 37.6 Å². The molecule has 0 unspecified atom stereocenters. The van der Waals surface area contributed by atoms with Crippen molar-refractivity contribution in [3.05, 3.63) is 53.7 Å². The van der Waals surface area contributed by atoms with Gasteiger partial charge in [0.25, 0.3) is 0 Å². The number of benzene rings is 2. The average Bonchev–Trinajstić information content (AvgIpc) is 2.64. The quantitative estimate of drug-likeness (QED) is 0.655. The van der Waals surface area contributed by atoms with E-state index in [1.54, 1.807) is 6.07 Å². The Hall–Kier alpha value is -2.22. The maximum absolute atomic E-state index is 9.65. The molecule has 2 aromatic carbocycles. The molecule has 0 aliphatic carbocycles. The van der Waals surface area contributed by atoms with Gasteiger partial charge in [0.15, 0.2) is 0 Å². The number of fused-ring (bicyclic) bond motifs is 1. The van der Waals surface area contributed by atoms with Gasteiger partial charge in [-0.25, -0.2) is 0 Å². The Bertz CT molecular complexity index is 725. The molecule has 0 radical (unpaired) electrons. The summed E-state index contributed by atoms with van der Waals surface area (Å²) >= 11 is 0. The molecule has 3 aromatic rings. The lowest BCUT2D eigenvalue weighted by Gasteiger charge is -2.03. The highest BCUT2D eigenvalue weighted by atomic mass is 16.3. The molecule has 0 aliphatic rings. The number of aryl methyl sites for hydroxylation is 2. The van der Waals surface area contributed by atoms with Crippen LogP contribution in [0, 0.1) is 13.8 Å². The summed E-state index contributed by atoms with van der Waals surface area (Å²) in [5, 5.41) is 10.7. The SMILES string of the molecule is Cc1cccc(-c2c(C)[nH]c3ccc(O)cc23)c1. The molecular weight excluding hydrogens is 222 g/mol. The minimum Gasteiger partial charge on any atom is -0.508 e. The summed E-state index contributed by atoms with van der Waals surface area (Å²) in [5.41, 5.74) is 5.78. The van der Waals surface area contributed by atoms with E-state index in [1.165, 1.54) is 16.7 Å². The van der Waals surface area contributed by atoms with Crippen LogP contribution in [0.3, 0.4) is 0 Å². The Morgan fingerprint density at radius 1 is 1.00 bits per heavy atom. The van der Waals surface area contributed by atoms with Gasteiger partial charge in [0, 0.05) is 22.2 Å². The molecular formula is C16H15NO. The summed E-state index contributed by atoms with van der Waals surface area (Å²) in [6.07, 6.45) is 0. The predicted octanol–water partition coefficient (Wildman–Crippen LogP) is 4.16. The number of nitrogens with one attached hydrogen (secondary N) is 1. The maximum atomic E-state index is 9.65. The van der Waals surface area contributed by atoms with E-state index in [0.717, 1.165) is 16.6 Å². The minimum atomic E-state index is 0.301. The first-order chi connectivity index (χ1) is 8.65. The first kappa shape index (κ1) is 10.9. The summed E-state index contributed by atoms with van der Waals surface area (Å²) in [6.45, 7) is 4.15. The van der Waals surface area contributed by atoms with Crippen molar-refractivity contribution in [3.8, 4) is 16.9 Å². The number of hydrogen-bond acceptors (Lipinski definition) is 1. The number of H-pyrrole nitrogens is 1. The Morgan fingerprint density at radius 2 is 1.83 bits per heavy atom. The monoisotopic (exact) mass is 237 g/mol. The molecule has 2 nitrogen and oxygen atoms in total. The van der Waals surface area contributed by atoms with Crippen LogP contribution in [0.5, 0.6) is 5.75 Å². The van der Waals surface area contributed by atoms with E-state index < -0.39 is 0 Å². The van der Waals surface area contributed by atoms with Crippen molar-refractivity contribution < 1.29 is 5.11 Å². The van der Waals surface area contributed by atoms with E-state index in [0.29, 0.717) is 5.75 Å². The van der Waals surface area contributed by atoms with Gasteiger partial charge in [-0.2, -0.15) is 0 Å². The zero-order chi connectivity index (χ0) is 12.7. The summed E-state index contributed by atoms with van der Waals surface area (Å²) in [5.74, 6) is 0.301. The molecule has 0 atom stereocenters. The largest absolute Gasteiger partial charge is 0.508 e. The first-order valence-electron chi connectivity index (χ1n) is 6.03. The lowest BCUT2D eigenvalue weighted by Crippen LogP contribution is -1.81. The number of phenols is 1. The van der Waals surface area contributed by atoms with E-state index in [-0.39, 0.29) is 0 Å². The van der Waals surface area contributed by atoms with E-state index in [4.69, 9.17) is 0 Å². The van der Waals surface area contributed by atoms with Crippen LogP contribution < -0.4 is 0 Å². The van der Waals surface area contributed by atoms with Gasteiger partial charge >= 0.3 is 0 Å². The lowest BCUT2D eigenvalue weighted by atomic mass is 10.0. The van der Waals surface area contributed by atoms with E-state index in [1.807, 2.05) is 12.1 Å². The summed E-state index contributed by atoms with van der Waals surface area (Å²) in [6, 6.07) is 13.9. The van der Waals surface area contributed by atoms with Crippen LogP contribution >= 0.6 is 0 Å². The second-order valence-electron chi connectivity index (χ2n) is 4.72. The fourth-order valence-corrected chi connectivity index (χ4v) is 2.49. The van der Waals surface area contributed by atoms with Crippen molar-refractivity contribution in [2.45, 2.75) is 13.8 Å². The molecule has 90 valence electrons. The van der Waals surface area contributed by atoms with E-state index >= 15 is 0 Å². The standard InChI is InChI=1S/C16H15NO/c1-10-4-3-5-12(8-10)16-11(2)17-15-7-6-13(18)9-14(15)16/h3-9,17-18H,1-2H3. The first-order valence-corrected chi connectivity index (χ1v) is 6.03. The zero-order valence-corrected chi connectivity index (χ0v) is 10.5. The lowest BCUT2D eigenvalue weighted by molar-refractivity contribution is 0.476. The van der Waals surface area contributed by atoms with Gasteiger partial charge in [-0.3, -0.25) is 0 Å². The Balaban J connectivity index is 2.34. The smallest absolute Gasteiger partial charge is 0.116 e. The van der Waals surface area contributed by atoms with Gasteiger partial charge in [0.1, 0.15) is 5.75 Å². The molecule has 3 rings (SSSR count). The molecule has 0 saturated carbocycles. The van der Waals surface area contributed by atoms with Gasteiger partial charge in [-0.15, -0.1) is 0 Å². The molecule has 18 heavy (non-hydrogen) atoms. The predicted molar refractivity (Wildman–Crippen MR) is 74.9 cm³/mol. The molecule has 1 aromatic heterocycles. The Kier molecular flexibility index (Phi) is 2.37. The van der Waals surface area contributed by atoms with Crippen LogP contribution in [0.15, 0.2) is 42.5 Å². The second-order valence-corrected chi connectivity index (χ2v) is 4.72. The fourth-order valence-electron chi connectivity index (χ4n) is 2.49. The van der Waals surface area contributed by atoms with Gasteiger partial charge in [-0.1, -0.05) is 29.8 Å². The van der Waals surface area contributed by atoms with E-state index in [2.05, 4.69) is 43.1 Å². The highest BCUT2D eigenvalue weighted by Gasteiger charge is 2.10. The van der Waals surface area contributed by atoms with E-state index in [9.17, 15) is 5.11 Å². The van der Waals surface area contributed by atoms with Gasteiger partial charge in [0.05, 0.1) is 0 Å². The van der Waals surface area contributed by atoms with Crippen molar-refractivity contribution in [2.24, 2.45) is 0 Å². The zero-order valence-electron chi connectivity index (χ0n) is 10.5. The van der Waals surface area contributed by atoms with Crippen molar-refractivity contribution >= 4 is 10.9 Å². The van der Waals surface area contributed by atoms with Crippen LogP contribution in [-0.2, 0) is 0 Å². The fraction of sp³-hybridized carbons (Fsp3) is 0.125. The molecule has 2 N–H and O–H groups in total. The summed E-state index contributed by atoms with van der Waals surface area (Å²) in [7, 11) is 0. The Labute approximate surface area is 106 Å². The maximum Gasteiger partial charge on any atom is 0.116 e. The minimum absolute atomic E-state index is 0.301. The van der Waals surface area contributed by atoms with Crippen molar-refractivity contribution in [1.29, 1.82) is 0 Å². The van der Waals surface area contributed by atoms with Gasteiger partial charge < -0.3 is 10.1 Å². The molecule has 2 heteroatoms. The number of hydrogen-bond donors (Lipinski definition) is 2. The van der Waals surface area contributed by atoms with Crippen LogP contribution in [0.2, 0.25) is 0 Å². The highest BCUT2D eigenvalue weighted by molar-refractivity contribution is 5.98. The molecule has 0 spiro atoms. The number of aromatic hydroxyl groups is 1. The number of aromatic nitrogens is 1. The topological polar surface area (TPSA) is 36.0 Å². The number of phenolic OH excluding ortho intramolecular Hbond substituents is 1. The average molecular weight is 237 g/mol. The number of aromatic amines is 1. The molecule has 0 fully saturated rings. The van der Waals surface area contributed by atoms with Crippen LogP contribution in [0.1, 0.15) is 11.3 Å². The third-order valence-electron chi connectivity index (χ3n) is 3.28. The molecule has 0 aliphatic heterocycles. The van der Waals surface area contributed by atoms with Crippen molar-refractivity contribution in [2.75, 3.05) is 0 Å². The normalized spacial score (nSPS) is 11.0. The third kappa shape index (κ3) is 1.66. The molecule has 0 bridgehead atoms. The highest BCUT2D eigenvalue weighted by Crippen LogP contribution is 2.34. The van der Waals surface area contributed by atoms with Crippen LogP contribution in [0.25, 0.3) is 22.0 Å². The Morgan fingerprint density at radius 3 is 2.61 bits per heavy atom. The molecule has 1 heterocycles. The van der Waals surface area contributed by atoms with Crippen LogP contribution in [0.4, 0.5) is 0 Å². The van der Waals surface area contributed by atoms with Gasteiger partial charge in [0.2, 0.25) is 0 Å². The second kappa shape index (κ2) is 3.91. The summed E-state index contributed by atoms with van der Waals surface area (Å²) < 4.78 is 0. The van der Waals surface area contributed by atoms with Crippen molar-refractivity contribution in [3.63, 3.8) is 0 Å². The van der Waals surface area contributed by atoms with Crippen molar-refractivity contribution in [1.82, 2.24) is 4.98 Å².